The molecule has 5 nitrogen and oxygen atoms in total. The third-order valence-electron chi connectivity index (χ3n) is 5.15. The van der Waals surface area contributed by atoms with Crippen LogP contribution in [-0.4, -0.2) is 32.4 Å². The van der Waals surface area contributed by atoms with Crippen LogP contribution in [0.2, 0.25) is 0 Å². The lowest BCUT2D eigenvalue weighted by Crippen LogP contribution is -3.12. The number of aryl methyl sites for hydroxylation is 1. The van der Waals surface area contributed by atoms with E-state index in [1.165, 1.54) is 22.5 Å². The van der Waals surface area contributed by atoms with E-state index in [1.54, 1.807) is 4.90 Å². The van der Waals surface area contributed by atoms with E-state index in [0.717, 1.165) is 42.4 Å². The quantitative estimate of drug-likeness (QED) is 0.541. The highest BCUT2D eigenvalue weighted by Gasteiger charge is 2.26. The zero-order valence-corrected chi connectivity index (χ0v) is 16.7. The van der Waals surface area contributed by atoms with Gasteiger partial charge in [-0.3, -0.25) is 0 Å². The monoisotopic (exact) mass is 386 g/mol. The molecule has 1 aliphatic heterocycles. The topological polar surface area (TPSA) is 40.1 Å². The van der Waals surface area contributed by atoms with Gasteiger partial charge in [-0.2, -0.15) is 9.78 Å². The summed E-state index contributed by atoms with van der Waals surface area (Å²) in [5, 5.41) is 5.92. The van der Waals surface area contributed by atoms with Crippen molar-refractivity contribution >= 4 is 33.8 Å². The minimum absolute atomic E-state index is 0.587. The number of aromatic nitrogens is 4. The molecule has 1 saturated heterocycles. The molecule has 0 spiro atoms. The first-order valence-corrected chi connectivity index (χ1v) is 10.3. The lowest BCUT2D eigenvalue weighted by atomic mass is 9.98. The van der Waals surface area contributed by atoms with E-state index in [9.17, 15) is 0 Å². The summed E-state index contributed by atoms with van der Waals surface area (Å²) in [5.41, 5.74) is 1.14. The molecule has 4 rings (SSSR count). The van der Waals surface area contributed by atoms with Gasteiger partial charge in [0, 0.05) is 25.3 Å². The maximum atomic E-state index is 5.58. The molecule has 0 bridgehead atoms. The Labute approximate surface area is 162 Å². The Hall–Kier alpha value is -1.83. The second-order valence-electron chi connectivity index (χ2n) is 6.93. The second kappa shape index (κ2) is 7.42. The summed E-state index contributed by atoms with van der Waals surface area (Å²) in [6.07, 6.45) is 4.22. The Kier molecular flexibility index (Phi) is 5.02. The highest BCUT2D eigenvalue weighted by molar-refractivity contribution is 7.71. The number of allylic oxidation sites excluding steroid dienone is 1. The fraction of sp³-hybridized carbons (Fsp3) is 0.421. The molecule has 1 N–H and O–H groups in total. The fourth-order valence-corrected chi connectivity index (χ4v) is 5.15. The van der Waals surface area contributed by atoms with E-state index in [0.29, 0.717) is 5.92 Å². The van der Waals surface area contributed by atoms with Crippen molar-refractivity contribution in [2.75, 3.05) is 13.1 Å². The van der Waals surface area contributed by atoms with E-state index in [4.69, 9.17) is 17.2 Å². The Morgan fingerprint density at radius 2 is 2.12 bits per heavy atom. The largest absolute Gasteiger partial charge is 0.316 e. The van der Waals surface area contributed by atoms with Gasteiger partial charge in [0.25, 0.3) is 0 Å². The summed E-state index contributed by atoms with van der Waals surface area (Å²) in [6.45, 7) is 9.64. The number of quaternary nitrogens is 1. The van der Waals surface area contributed by atoms with Crippen LogP contribution < -0.4 is 4.90 Å². The highest BCUT2D eigenvalue weighted by atomic mass is 32.1. The number of rotatable bonds is 5. The van der Waals surface area contributed by atoms with Gasteiger partial charge < -0.3 is 9.47 Å². The third kappa shape index (κ3) is 3.39. The first-order chi connectivity index (χ1) is 12.7. The van der Waals surface area contributed by atoms with Gasteiger partial charge in [0.1, 0.15) is 5.82 Å². The average molecular weight is 387 g/mol. The Bertz CT molecular complexity index is 942. The van der Waals surface area contributed by atoms with Crippen LogP contribution in [-0.2, 0) is 13.2 Å². The van der Waals surface area contributed by atoms with Crippen LogP contribution >= 0.6 is 23.6 Å². The van der Waals surface area contributed by atoms with Crippen LogP contribution in [0, 0.1) is 11.7 Å². The first kappa shape index (κ1) is 17.6. The number of benzene rings is 1. The number of thiazole rings is 1. The van der Waals surface area contributed by atoms with Gasteiger partial charge in [-0.25, -0.2) is 4.98 Å². The average Bonchev–Trinajstić information content (AvgIpc) is 3.19. The summed E-state index contributed by atoms with van der Waals surface area (Å²) >= 11 is 7.43. The SMILES string of the molecule is C=CCn1c(C)nn(C[NH+]2CCC(c3nc4ccccc4s3)CC2)c1=S. The zero-order valence-electron chi connectivity index (χ0n) is 15.0. The van der Waals surface area contributed by atoms with Crippen molar-refractivity contribution in [1.82, 2.24) is 19.3 Å². The molecule has 7 heteroatoms. The fourth-order valence-electron chi connectivity index (χ4n) is 3.70. The van der Waals surface area contributed by atoms with Gasteiger partial charge >= 0.3 is 0 Å². The molecule has 0 radical (unpaired) electrons. The summed E-state index contributed by atoms with van der Waals surface area (Å²) in [6, 6.07) is 8.43. The van der Waals surface area contributed by atoms with Crippen molar-refractivity contribution in [2.45, 2.75) is 38.9 Å². The van der Waals surface area contributed by atoms with Crippen LogP contribution in [0.5, 0.6) is 0 Å². The van der Waals surface area contributed by atoms with E-state index in [2.05, 4.69) is 35.9 Å². The second-order valence-corrected chi connectivity index (χ2v) is 8.36. The van der Waals surface area contributed by atoms with Crippen LogP contribution in [0.4, 0.5) is 0 Å². The molecule has 26 heavy (non-hydrogen) atoms. The van der Waals surface area contributed by atoms with Crippen LogP contribution in [0.3, 0.4) is 0 Å². The van der Waals surface area contributed by atoms with Gasteiger partial charge in [-0.05, 0) is 31.3 Å². The minimum Gasteiger partial charge on any atom is -0.316 e. The normalized spacial score (nSPS) is 20.5. The van der Waals surface area contributed by atoms with Crippen molar-refractivity contribution in [1.29, 1.82) is 0 Å². The van der Waals surface area contributed by atoms with Crippen LogP contribution in [0.25, 0.3) is 10.2 Å². The number of likely N-dealkylation sites (tertiary alicyclic amines) is 1. The molecule has 1 fully saturated rings. The van der Waals surface area contributed by atoms with Crippen molar-refractivity contribution in [2.24, 2.45) is 0 Å². The van der Waals surface area contributed by atoms with Crippen LogP contribution in [0.15, 0.2) is 36.9 Å². The molecule has 0 saturated carbocycles. The summed E-state index contributed by atoms with van der Waals surface area (Å²) < 4.78 is 6.10. The number of nitrogens with one attached hydrogen (secondary N) is 1. The molecule has 0 unspecified atom stereocenters. The molecule has 2 aromatic heterocycles. The number of nitrogens with zero attached hydrogens (tertiary/aromatic N) is 4. The first-order valence-electron chi connectivity index (χ1n) is 9.10. The standard InChI is InChI=1S/C19H23N5S2/c1-3-10-23-14(2)21-24(19(23)25)13-22-11-8-15(9-12-22)18-20-16-6-4-5-7-17(16)26-18/h3-7,15H,1,8-13H2,2H3/p+1. The summed E-state index contributed by atoms with van der Waals surface area (Å²) in [4.78, 5) is 6.40. The molecular weight excluding hydrogens is 362 g/mol. The Balaban J connectivity index is 1.41. The third-order valence-corrected chi connectivity index (χ3v) is 6.78. The predicted molar refractivity (Wildman–Crippen MR) is 108 cm³/mol. The molecular formula is C19H24N5S2+. The number of piperidine rings is 1. The number of hydrogen-bond donors (Lipinski definition) is 1. The highest BCUT2D eigenvalue weighted by Crippen LogP contribution is 2.31. The molecule has 3 aromatic rings. The number of hydrogen-bond acceptors (Lipinski definition) is 4. The molecule has 136 valence electrons. The van der Waals surface area contributed by atoms with E-state index < -0.39 is 0 Å². The van der Waals surface area contributed by atoms with Crippen molar-refractivity contribution < 1.29 is 4.90 Å². The maximum Gasteiger partial charge on any atom is 0.203 e. The van der Waals surface area contributed by atoms with E-state index in [1.807, 2.05) is 33.6 Å². The Morgan fingerprint density at radius 1 is 1.35 bits per heavy atom. The molecule has 0 atom stereocenters. The maximum absolute atomic E-state index is 5.58. The molecule has 0 amide bonds. The van der Waals surface area contributed by atoms with Crippen molar-refractivity contribution in [3.05, 3.63) is 52.5 Å². The van der Waals surface area contributed by atoms with Crippen molar-refractivity contribution in [3.8, 4) is 0 Å². The predicted octanol–water partition coefficient (Wildman–Crippen LogP) is 2.94. The smallest absolute Gasteiger partial charge is 0.203 e. The Morgan fingerprint density at radius 3 is 2.85 bits per heavy atom. The minimum atomic E-state index is 0.587. The van der Waals surface area contributed by atoms with Gasteiger partial charge in [-0.15, -0.1) is 17.9 Å². The molecule has 1 aliphatic rings. The summed E-state index contributed by atoms with van der Waals surface area (Å²) in [5.74, 6) is 1.54. The summed E-state index contributed by atoms with van der Waals surface area (Å²) in [7, 11) is 0. The molecule has 1 aromatic carbocycles. The van der Waals surface area contributed by atoms with Crippen LogP contribution in [0.1, 0.15) is 29.6 Å². The molecule has 3 heterocycles. The van der Waals surface area contributed by atoms with E-state index in [-0.39, 0.29) is 0 Å². The van der Waals surface area contributed by atoms with Gasteiger partial charge in [0.05, 0.1) is 28.3 Å². The lowest BCUT2D eigenvalue weighted by molar-refractivity contribution is -0.928. The van der Waals surface area contributed by atoms with E-state index >= 15 is 0 Å². The van der Waals surface area contributed by atoms with Gasteiger partial charge in [0.2, 0.25) is 4.77 Å². The number of fused-ring (bicyclic) bond motifs is 1. The number of para-hydroxylation sites is 1. The zero-order chi connectivity index (χ0) is 18.1. The lowest BCUT2D eigenvalue weighted by Gasteiger charge is -2.27. The van der Waals surface area contributed by atoms with Gasteiger partial charge in [0.15, 0.2) is 6.67 Å². The van der Waals surface area contributed by atoms with Gasteiger partial charge in [-0.1, -0.05) is 18.2 Å². The molecule has 0 aliphatic carbocycles. The van der Waals surface area contributed by atoms with Crippen molar-refractivity contribution in [3.63, 3.8) is 0 Å².